The van der Waals surface area contributed by atoms with Crippen molar-refractivity contribution in [2.45, 2.75) is 0 Å². The number of nitrogens with one attached hydrogen (secondary N) is 1. The minimum absolute atomic E-state index is 0.765. The van der Waals surface area contributed by atoms with Crippen LogP contribution in [0.2, 0.25) is 0 Å². The van der Waals surface area contributed by atoms with Crippen molar-refractivity contribution in [3.8, 4) is 22.6 Å². The van der Waals surface area contributed by atoms with Crippen LogP contribution in [0.3, 0.4) is 0 Å². The Labute approximate surface area is 139 Å². The zero-order chi connectivity index (χ0) is 16.4. The van der Waals surface area contributed by atoms with Gasteiger partial charge in [0.15, 0.2) is 0 Å². The monoisotopic (exact) mass is 313 g/mol. The van der Waals surface area contributed by atoms with Crippen molar-refractivity contribution in [2.75, 3.05) is 12.4 Å². The molecule has 0 aliphatic rings. The molecule has 0 spiro atoms. The van der Waals surface area contributed by atoms with Crippen molar-refractivity contribution < 1.29 is 0 Å². The van der Waals surface area contributed by atoms with E-state index in [2.05, 4.69) is 37.4 Å². The molecule has 24 heavy (non-hydrogen) atoms. The molecule has 0 radical (unpaired) electrons. The first-order chi connectivity index (χ1) is 11.9. The summed E-state index contributed by atoms with van der Waals surface area (Å²) < 4.78 is 0. The molecule has 0 unspecified atom stereocenters. The third kappa shape index (κ3) is 2.46. The van der Waals surface area contributed by atoms with Crippen LogP contribution in [0.1, 0.15) is 0 Å². The predicted molar refractivity (Wildman–Crippen MR) is 95.5 cm³/mol. The van der Waals surface area contributed by atoms with E-state index in [1.807, 2.05) is 49.6 Å². The lowest BCUT2D eigenvalue weighted by Gasteiger charge is -2.10. The molecular weight excluding hydrogens is 298 g/mol. The Hall–Kier alpha value is -3.34. The Bertz CT molecular complexity index is 1010. The van der Waals surface area contributed by atoms with Gasteiger partial charge in [-0.25, -0.2) is 9.97 Å². The molecule has 3 heterocycles. The fourth-order valence-corrected chi connectivity index (χ4v) is 2.75. The second-order valence-electron chi connectivity index (χ2n) is 5.32. The molecule has 116 valence electrons. The van der Waals surface area contributed by atoms with Gasteiger partial charge in [-0.2, -0.15) is 0 Å². The summed E-state index contributed by atoms with van der Waals surface area (Å²) in [5, 5.41) is 5.25. The second-order valence-corrected chi connectivity index (χ2v) is 5.32. The highest BCUT2D eigenvalue weighted by Crippen LogP contribution is 2.32. The van der Waals surface area contributed by atoms with E-state index in [1.54, 1.807) is 12.5 Å². The van der Waals surface area contributed by atoms with E-state index < -0.39 is 0 Å². The van der Waals surface area contributed by atoms with Gasteiger partial charge in [-0.1, -0.05) is 24.3 Å². The van der Waals surface area contributed by atoms with Crippen LogP contribution in [0.4, 0.5) is 5.82 Å². The Morgan fingerprint density at radius 2 is 1.67 bits per heavy atom. The normalized spacial score (nSPS) is 10.7. The Morgan fingerprint density at radius 1 is 0.792 bits per heavy atom. The van der Waals surface area contributed by atoms with E-state index in [9.17, 15) is 0 Å². The molecule has 1 aromatic carbocycles. The molecule has 1 N–H and O–H groups in total. The van der Waals surface area contributed by atoms with Gasteiger partial charge in [0, 0.05) is 36.5 Å². The Balaban J connectivity index is 1.96. The number of pyridine rings is 2. The van der Waals surface area contributed by atoms with Crippen LogP contribution in [0, 0.1) is 0 Å². The molecule has 4 aromatic rings. The first-order valence-corrected chi connectivity index (χ1v) is 7.66. The number of benzene rings is 1. The molecule has 0 bridgehead atoms. The number of rotatable bonds is 3. The third-order valence-corrected chi connectivity index (χ3v) is 3.90. The topological polar surface area (TPSA) is 63.6 Å². The lowest BCUT2D eigenvalue weighted by atomic mass is 10.0. The van der Waals surface area contributed by atoms with Gasteiger partial charge in [-0.3, -0.25) is 9.97 Å². The van der Waals surface area contributed by atoms with Crippen LogP contribution in [-0.2, 0) is 0 Å². The maximum absolute atomic E-state index is 4.59. The molecule has 0 saturated heterocycles. The van der Waals surface area contributed by atoms with Gasteiger partial charge in [-0.15, -0.1) is 0 Å². The number of nitrogens with zero attached hydrogens (tertiary/aromatic N) is 4. The maximum Gasteiger partial charge on any atom is 0.129 e. The molecule has 0 aliphatic carbocycles. The van der Waals surface area contributed by atoms with Crippen LogP contribution < -0.4 is 5.32 Å². The van der Waals surface area contributed by atoms with E-state index in [-0.39, 0.29) is 0 Å². The van der Waals surface area contributed by atoms with Gasteiger partial charge in [-0.05, 0) is 23.6 Å². The lowest BCUT2D eigenvalue weighted by Crippen LogP contribution is -1.97. The molecule has 3 aromatic heterocycles. The van der Waals surface area contributed by atoms with Gasteiger partial charge in [0.05, 0.1) is 17.1 Å². The van der Waals surface area contributed by atoms with Crippen LogP contribution >= 0.6 is 0 Å². The van der Waals surface area contributed by atoms with Gasteiger partial charge in [0.1, 0.15) is 12.1 Å². The van der Waals surface area contributed by atoms with E-state index in [0.717, 1.165) is 39.2 Å². The largest absolute Gasteiger partial charge is 0.373 e. The van der Waals surface area contributed by atoms with E-state index in [4.69, 9.17) is 0 Å². The van der Waals surface area contributed by atoms with E-state index in [1.165, 1.54) is 0 Å². The van der Waals surface area contributed by atoms with Gasteiger partial charge in [0.25, 0.3) is 0 Å². The van der Waals surface area contributed by atoms with Gasteiger partial charge < -0.3 is 5.32 Å². The van der Waals surface area contributed by atoms with Crippen LogP contribution in [-0.4, -0.2) is 27.0 Å². The molecule has 4 rings (SSSR count). The van der Waals surface area contributed by atoms with Crippen molar-refractivity contribution in [1.82, 2.24) is 19.9 Å². The summed E-state index contributed by atoms with van der Waals surface area (Å²) in [7, 11) is 1.84. The Kier molecular flexibility index (Phi) is 3.59. The Morgan fingerprint density at radius 3 is 2.58 bits per heavy atom. The summed E-state index contributed by atoms with van der Waals surface area (Å²) in [6, 6.07) is 16.0. The number of hydrogen-bond donors (Lipinski definition) is 1. The standard InChI is InChI=1S/C19H15N5/c1-20-17-11-16(23-12-24-17)15-7-4-9-21-19(15)18-14-6-3-2-5-13(14)8-10-22-18/h2-12H,1H3,(H,20,23,24). The first kappa shape index (κ1) is 14.3. The third-order valence-electron chi connectivity index (χ3n) is 3.90. The van der Waals surface area contributed by atoms with Crippen molar-refractivity contribution in [3.63, 3.8) is 0 Å². The molecule has 0 aliphatic heterocycles. The minimum Gasteiger partial charge on any atom is -0.373 e. The number of anilines is 1. The minimum atomic E-state index is 0.765. The molecule has 0 saturated carbocycles. The molecule has 0 fully saturated rings. The van der Waals surface area contributed by atoms with Crippen LogP contribution in [0.25, 0.3) is 33.4 Å². The van der Waals surface area contributed by atoms with Gasteiger partial charge >= 0.3 is 0 Å². The van der Waals surface area contributed by atoms with Crippen molar-refractivity contribution in [1.29, 1.82) is 0 Å². The van der Waals surface area contributed by atoms with Crippen molar-refractivity contribution in [2.24, 2.45) is 0 Å². The molecule has 0 amide bonds. The SMILES string of the molecule is CNc1cc(-c2cccnc2-c2nccc3ccccc23)ncn1. The smallest absolute Gasteiger partial charge is 0.129 e. The highest BCUT2D eigenvalue weighted by molar-refractivity contribution is 5.96. The van der Waals surface area contributed by atoms with Crippen molar-refractivity contribution in [3.05, 3.63) is 67.3 Å². The van der Waals surface area contributed by atoms with Crippen LogP contribution in [0.5, 0.6) is 0 Å². The first-order valence-electron chi connectivity index (χ1n) is 7.66. The summed E-state index contributed by atoms with van der Waals surface area (Å²) >= 11 is 0. The quantitative estimate of drug-likeness (QED) is 0.623. The van der Waals surface area contributed by atoms with Crippen LogP contribution in [0.15, 0.2) is 67.3 Å². The fourth-order valence-electron chi connectivity index (χ4n) is 2.75. The van der Waals surface area contributed by atoms with Gasteiger partial charge in [0.2, 0.25) is 0 Å². The highest BCUT2D eigenvalue weighted by atomic mass is 15.0. The molecular formula is C19H15N5. The number of fused-ring (bicyclic) bond motifs is 1. The summed E-state index contributed by atoms with van der Waals surface area (Å²) in [4.78, 5) is 17.8. The number of aromatic nitrogens is 4. The predicted octanol–water partition coefficient (Wildman–Crippen LogP) is 3.80. The fraction of sp³-hybridized carbons (Fsp3) is 0.0526. The summed E-state index contributed by atoms with van der Waals surface area (Å²) in [6.07, 6.45) is 5.14. The molecule has 5 heteroatoms. The van der Waals surface area contributed by atoms with E-state index >= 15 is 0 Å². The molecule has 0 atom stereocenters. The summed E-state index contributed by atoms with van der Waals surface area (Å²) in [5.41, 5.74) is 3.41. The second kappa shape index (κ2) is 6.04. The molecule has 5 nitrogen and oxygen atoms in total. The van der Waals surface area contributed by atoms with Crippen molar-refractivity contribution >= 4 is 16.6 Å². The average molecular weight is 313 g/mol. The highest BCUT2D eigenvalue weighted by Gasteiger charge is 2.14. The average Bonchev–Trinajstić information content (AvgIpc) is 2.67. The zero-order valence-electron chi connectivity index (χ0n) is 13.1. The zero-order valence-corrected chi connectivity index (χ0v) is 13.1. The summed E-state index contributed by atoms with van der Waals surface area (Å²) in [6.45, 7) is 0. The summed E-state index contributed by atoms with van der Waals surface area (Å²) in [5.74, 6) is 0.765. The lowest BCUT2D eigenvalue weighted by molar-refractivity contribution is 1.16. The van der Waals surface area contributed by atoms with E-state index in [0.29, 0.717) is 0 Å². The maximum atomic E-state index is 4.59. The number of hydrogen-bond acceptors (Lipinski definition) is 5.